The lowest BCUT2D eigenvalue weighted by Gasteiger charge is -2.34. The molecule has 35 heavy (non-hydrogen) atoms. The van der Waals surface area contributed by atoms with E-state index < -0.39 is 9.84 Å². The van der Waals surface area contributed by atoms with Crippen molar-refractivity contribution in [2.75, 3.05) is 12.3 Å². The molecule has 0 spiro atoms. The third-order valence-corrected chi connectivity index (χ3v) is 10.2. The number of nitrogens with zero attached hydrogens (tertiary/aromatic N) is 2. The number of fused-ring (bicyclic) bond motifs is 1. The highest BCUT2D eigenvalue weighted by atomic mass is 32.2. The van der Waals surface area contributed by atoms with Crippen LogP contribution in [0.1, 0.15) is 90.0 Å². The largest absolute Gasteiger partial charge is 0.346 e. The maximum atomic E-state index is 13.3. The summed E-state index contributed by atoms with van der Waals surface area (Å²) in [5.41, 5.74) is 1.23. The fraction of sp³-hybridized carbons (Fsp3) is 0.577. The zero-order valence-corrected chi connectivity index (χ0v) is 22.5. The molecule has 1 atom stereocenters. The Labute approximate surface area is 212 Å². The van der Waals surface area contributed by atoms with Gasteiger partial charge in [0.25, 0.3) is 11.8 Å². The summed E-state index contributed by atoms with van der Waals surface area (Å²) >= 11 is 1.41. The molecular weight excluding hydrogens is 482 g/mol. The Kier molecular flexibility index (Phi) is 7.66. The highest BCUT2D eigenvalue weighted by molar-refractivity contribution is 7.91. The Balaban J connectivity index is 1.43. The Morgan fingerprint density at radius 1 is 1.23 bits per heavy atom. The van der Waals surface area contributed by atoms with Crippen LogP contribution in [0.4, 0.5) is 0 Å². The number of hydrogen-bond donors (Lipinski definition) is 1. The minimum Gasteiger partial charge on any atom is -0.346 e. The fourth-order valence-electron chi connectivity index (χ4n) is 5.10. The van der Waals surface area contributed by atoms with Crippen molar-refractivity contribution in [1.29, 1.82) is 0 Å². The van der Waals surface area contributed by atoms with E-state index >= 15 is 0 Å². The molecule has 2 aromatic rings. The number of amides is 2. The van der Waals surface area contributed by atoms with Crippen molar-refractivity contribution in [2.24, 2.45) is 17.8 Å². The molecular formula is C26H35N3O4S2. The van der Waals surface area contributed by atoms with Crippen molar-refractivity contribution in [3.8, 4) is 0 Å². The van der Waals surface area contributed by atoms with Gasteiger partial charge in [-0.2, -0.15) is 0 Å². The van der Waals surface area contributed by atoms with E-state index in [1.165, 1.54) is 49.3 Å². The van der Waals surface area contributed by atoms with E-state index in [9.17, 15) is 18.0 Å². The van der Waals surface area contributed by atoms with Crippen LogP contribution in [0, 0.1) is 17.8 Å². The molecule has 1 unspecified atom stereocenters. The summed E-state index contributed by atoms with van der Waals surface area (Å²) < 4.78 is 23.9. The second kappa shape index (κ2) is 10.4. The van der Waals surface area contributed by atoms with Gasteiger partial charge in [-0.3, -0.25) is 14.6 Å². The summed E-state index contributed by atoms with van der Waals surface area (Å²) in [7, 11) is -3.31. The minimum atomic E-state index is -3.31. The first kappa shape index (κ1) is 25.8. The lowest BCUT2D eigenvalue weighted by molar-refractivity contribution is 0.0616. The van der Waals surface area contributed by atoms with Crippen LogP contribution in [-0.4, -0.2) is 42.4 Å². The van der Waals surface area contributed by atoms with Crippen LogP contribution in [-0.2, 0) is 16.4 Å². The number of hydrogen-bond acceptors (Lipinski definition) is 6. The summed E-state index contributed by atoms with van der Waals surface area (Å²) in [5.74, 6) is 1.41. The van der Waals surface area contributed by atoms with Gasteiger partial charge >= 0.3 is 0 Å². The Bertz CT molecular complexity index is 1180. The summed E-state index contributed by atoms with van der Waals surface area (Å²) in [5, 5.41) is 2.85. The molecule has 0 bridgehead atoms. The number of nitrogens with one attached hydrogen (secondary N) is 1. The predicted molar refractivity (Wildman–Crippen MR) is 137 cm³/mol. The van der Waals surface area contributed by atoms with Crippen molar-refractivity contribution in [3.63, 3.8) is 0 Å². The summed E-state index contributed by atoms with van der Waals surface area (Å²) in [6.45, 7) is 9.15. The Morgan fingerprint density at radius 3 is 2.54 bits per heavy atom. The molecule has 2 aromatic heterocycles. The summed E-state index contributed by atoms with van der Waals surface area (Å²) in [6, 6.07) is 4.87. The second-order valence-corrected chi connectivity index (χ2v) is 13.6. The molecule has 0 radical (unpaired) electrons. The maximum absolute atomic E-state index is 13.3. The van der Waals surface area contributed by atoms with Crippen LogP contribution in [0.3, 0.4) is 0 Å². The van der Waals surface area contributed by atoms with Crippen LogP contribution in [0.5, 0.6) is 0 Å². The average Bonchev–Trinajstić information content (AvgIpc) is 3.37. The van der Waals surface area contributed by atoms with Crippen LogP contribution in [0.2, 0.25) is 0 Å². The molecule has 1 N–H and O–H groups in total. The van der Waals surface area contributed by atoms with Gasteiger partial charge in [-0.25, -0.2) is 8.42 Å². The SMILES string of the molecule is CCS(=O)(=O)c1ccc(CNC(=O)c2cc3c(s2)C(C(C)C)N(CC2CCC(C)CC2)C3=O)nc1. The van der Waals surface area contributed by atoms with E-state index in [2.05, 4.69) is 31.1 Å². The number of carbonyl (C=O) groups excluding carboxylic acids is 2. The number of thiophene rings is 1. The Morgan fingerprint density at radius 2 is 1.94 bits per heavy atom. The minimum absolute atomic E-state index is 0.0122. The highest BCUT2D eigenvalue weighted by Crippen LogP contribution is 2.44. The van der Waals surface area contributed by atoms with Crippen molar-refractivity contribution in [1.82, 2.24) is 15.2 Å². The molecule has 4 rings (SSSR count). The van der Waals surface area contributed by atoms with Crippen LogP contribution in [0.15, 0.2) is 29.3 Å². The predicted octanol–water partition coefficient (Wildman–Crippen LogP) is 4.85. The highest BCUT2D eigenvalue weighted by Gasteiger charge is 2.42. The van der Waals surface area contributed by atoms with Gasteiger partial charge in [-0.15, -0.1) is 11.3 Å². The molecule has 190 valence electrons. The molecule has 1 fully saturated rings. The van der Waals surface area contributed by atoms with E-state index in [1.807, 2.05) is 4.90 Å². The molecule has 2 aliphatic rings. The van der Waals surface area contributed by atoms with E-state index in [1.54, 1.807) is 19.1 Å². The number of rotatable bonds is 8. The zero-order valence-electron chi connectivity index (χ0n) is 20.9. The normalized spacial score (nSPS) is 22.5. The number of carbonyl (C=O) groups is 2. The number of aromatic nitrogens is 1. The topological polar surface area (TPSA) is 96.4 Å². The Hall–Kier alpha value is -2.26. The lowest BCUT2D eigenvalue weighted by Crippen LogP contribution is -2.36. The van der Waals surface area contributed by atoms with E-state index in [0.717, 1.165) is 17.3 Å². The van der Waals surface area contributed by atoms with Gasteiger partial charge in [-0.1, -0.05) is 40.5 Å². The first-order valence-electron chi connectivity index (χ1n) is 12.5. The maximum Gasteiger partial charge on any atom is 0.261 e. The monoisotopic (exact) mass is 517 g/mol. The van der Waals surface area contributed by atoms with Crippen molar-refractivity contribution in [2.45, 2.75) is 70.9 Å². The van der Waals surface area contributed by atoms with Crippen LogP contribution < -0.4 is 5.32 Å². The van der Waals surface area contributed by atoms with Crippen LogP contribution in [0.25, 0.3) is 0 Å². The first-order valence-corrected chi connectivity index (χ1v) is 15.0. The van der Waals surface area contributed by atoms with Gasteiger partial charge in [0.05, 0.1) is 39.4 Å². The van der Waals surface area contributed by atoms with Crippen molar-refractivity contribution < 1.29 is 18.0 Å². The van der Waals surface area contributed by atoms with Gasteiger partial charge in [0.1, 0.15) is 0 Å². The lowest BCUT2D eigenvalue weighted by atomic mass is 9.82. The molecule has 0 saturated heterocycles. The fourth-order valence-corrected chi connectivity index (χ4v) is 7.28. The molecule has 1 aliphatic heterocycles. The average molecular weight is 518 g/mol. The second-order valence-electron chi connectivity index (χ2n) is 10.2. The molecule has 7 nitrogen and oxygen atoms in total. The van der Waals surface area contributed by atoms with Crippen molar-refractivity contribution >= 4 is 33.0 Å². The summed E-state index contributed by atoms with van der Waals surface area (Å²) in [6.07, 6.45) is 6.15. The number of pyridine rings is 1. The molecule has 1 aliphatic carbocycles. The van der Waals surface area contributed by atoms with Gasteiger partial charge in [0.2, 0.25) is 0 Å². The summed E-state index contributed by atoms with van der Waals surface area (Å²) in [4.78, 5) is 34.1. The molecule has 3 heterocycles. The van der Waals surface area contributed by atoms with E-state index in [-0.39, 0.29) is 41.0 Å². The van der Waals surface area contributed by atoms with Gasteiger partial charge in [0, 0.05) is 17.6 Å². The third kappa shape index (κ3) is 5.45. The quantitative estimate of drug-likeness (QED) is 0.540. The molecule has 1 saturated carbocycles. The molecule has 9 heteroatoms. The van der Waals surface area contributed by atoms with Gasteiger partial charge in [0.15, 0.2) is 9.84 Å². The standard InChI is InChI=1S/C26H35N3O4S2/c1-5-35(32,33)20-11-10-19(27-14-20)13-28-25(30)22-12-21-24(34-22)23(16(2)3)29(26(21)31)15-18-8-6-17(4)7-9-18/h10-12,14,16-18,23H,5-9,13,15H2,1-4H3,(H,28,30). The smallest absolute Gasteiger partial charge is 0.261 e. The molecule has 0 aromatic carbocycles. The first-order chi connectivity index (χ1) is 16.6. The van der Waals surface area contributed by atoms with E-state index in [0.29, 0.717) is 22.1 Å². The molecule has 2 amide bonds. The number of sulfone groups is 1. The van der Waals surface area contributed by atoms with E-state index in [4.69, 9.17) is 0 Å². The van der Waals surface area contributed by atoms with Crippen molar-refractivity contribution in [3.05, 3.63) is 45.4 Å². The van der Waals surface area contributed by atoms with Crippen LogP contribution >= 0.6 is 11.3 Å². The third-order valence-electron chi connectivity index (χ3n) is 7.27. The van der Waals surface area contributed by atoms with Gasteiger partial charge < -0.3 is 10.2 Å². The van der Waals surface area contributed by atoms with Gasteiger partial charge in [-0.05, 0) is 48.8 Å². The zero-order chi connectivity index (χ0) is 25.3.